The van der Waals surface area contributed by atoms with Crippen molar-refractivity contribution in [3.05, 3.63) is 94.6 Å². The quantitative estimate of drug-likeness (QED) is 0.555. The summed E-state index contributed by atoms with van der Waals surface area (Å²) in [5, 5.41) is 21.1. The number of aliphatic hydroxyl groups excluding tert-OH is 2. The third-order valence-electron chi connectivity index (χ3n) is 6.99. The molecule has 1 fully saturated rings. The Morgan fingerprint density at radius 1 is 1.06 bits per heavy atom. The van der Waals surface area contributed by atoms with E-state index in [9.17, 15) is 10.2 Å². The number of allylic oxidation sites excluding steroid dienone is 2. The van der Waals surface area contributed by atoms with Gasteiger partial charge in [-0.15, -0.1) is 0 Å². The Labute approximate surface area is 186 Å². The van der Waals surface area contributed by atoms with E-state index in [0.717, 1.165) is 31.2 Å². The summed E-state index contributed by atoms with van der Waals surface area (Å²) in [6.45, 7) is 2.66. The van der Waals surface area contributed by atoms with Gasteiger partial charge < -0.3 is 15.9 Å². The zero-order chi connectivity index (χ0) is 21.8. The Morgan fingerprint density at radius 3 is 2.65 bits per heavy atom. The third-order valence-corrected chi connectivity index (χ3v) is 6.99. The van der Waals surface area contributed by atoms with Crippen molar-refractivity contribution in [1.29, 1.82) is 0 Å². The predicted octanol–water partition coefficient (Wildman–Crippen LogP) is 4.49. The highest BCUT2D eigenvalue weighted by Crippen LogP contribution is 2.48. The van der Waals surface area contributed by atoms with Crippen LogP contribution in [-0.4, -0.2) is 22.4 Å². The van der Waals surface area contributed by atoms with Crippen molar-refractivity contribution in [3.8, 4) is 0 Å². The van der Waals surface area contributed by atoms with E-state index in [1.54, 1.807) is 0 Å². The van der Waals surface area contributed by atoms with Crippen molar-refractivity contribution < 1.29 is 10.2 Å². The van der Waals surface area contributed by atoms with Gasteiger partial charge in [0.2, 0.25) is 0 Å². The maximum absolute atomic E-state index is 10.6. The number of fused-ring (bicyclic) bond motifs is 1. The highest BCUT2D eigenvalue weighted by Gasteiger charge is 2.43. The molecule has 31 heavy (non-hydrogen) atoms. The fraction of sp³-hybridized carbons (Fsp3) is 0.429. The smallest absolute Gasteiger partial charge is 0.0761 e. The molecule has 0 bridgehead atoms. The van der Waals surface area contributed by atoms with E-state index >= 15 is 0 Å². The molecule has 4 N–H and O–H groups in total. The van der Waals surface area contributed by atoms with Crippen LogP contribution in [0.4, 0.5) is 0 Å². The monoisotopic (exact) mass is 417 g/mol. The summed E-state index contributed by atoms with van der Waals surface area (Å²) in [5.74, 6) is 1.05. The van der Waals surface area contributed by atoms with Crippen molar-refractivity contribution in [2.45, 2.75) is 57.8 Å². The first kappa shape index (κ1) is 22.0. The first-order valence-corrected chi connectivity index (χ1v) is 11.6. The van der Waals surface area contributed by atoms with Crippen molar-refractivity contribution in [2.75, 3.05) is 0 Å². The van der Waals surface area contributed by atoms with Crippen molar-refractivity contribution in [3.63, 3.8) is 0 Å². The molecule has 0 saturated heterocycles. The molecule has 2 aromatic rings. The van der Waals surface area contributed by atoms with Gasteiger partial charge in [-0.25, -0.2) is 0 Å². The predicted molar refractivity (Wildman–Crippen MR) is 126 cm³/mol. The van der Waals surface area contributed by atoms with Crippen molar-refractivity contribution in [2.24, 2.45) is 23.5 Å². The van der Waals surface area contributed by atoms with E-state index in [0.29, 0.717) is 24.8 Å². The van der Waals surface area contributed by atoms with E-state index < -0.39 is 6.10 Å². The lowest BCUT2D eigenvalue weighted by atomic mass is 9.88. The highest BCUT2D eigenvalue weighted by molar-refractivity contribution is 5.27. The molecule has 0 radical (unpaired) electrons. The second-order valence-electron chi connectivity index (χ2n) is 9.41. The molecule has 5 atom stereocenters. The average molecular weight is 418 g/mol. The van der Waals surface area contributed by atoms with E-state index in [1.807, 2.05) is 12.1 Å². The molecule has 164 valence electrons. The molecule has 0 heterocycles. The van der Waals surface area contributed by atoms with E-state index in [1.165, 1.54) is 22.3 Å². The number of nitrogens with two attached hydrogens (primary N) is 1. The van der Waals surface area contributed by atoms with Crippen LogP contribution in [0.25, 0.3) is 0 Å². The summed E-state index contributed by atoms with van der Waals surface area (Å²) < 4.78 is 0. The highest BCUT2D eigenvalue weighted by atomic mass is 16.3. The molecule has 0 aliphatic heterocycles. The van der Waals surface area contributed by atoms with Gasteiger partial charge in [0, 0.05) is 18.9 Å². The van der Waals surface area contributed by atoms with Crippen LogP contribution in [0, 0.1) is 24.7 Å². The molecule has 1 saturated carbocycles. The largest absolute Gasteiger partial charge is 0.392 e. The first-order valence-electron chi connectivity index (χ1n) is 11.6. The van der Waals surface area contributed by atoms with Crippen LogP contribution >= 0.6 is 0 Å². The zero-order valence-corrected chi connectivity index (χ0v) is 18.5. The summed E-state index contributed by atoms with van der Waals surface area (Å²) in [6.07, 6.45) is 10.2. The van der Waals surface area contributed by atoms with Crippen LogP contribution in [-0.2, 0) is 19.4 Å². The Morgan fingerprint density at radius 2 is 1.84 bits per heavy atom. The fourth-order valence-electron chi connectivity index (χ4n) is 5.41. The molecule has 2 aromatic carbocycles. The molecule has 4 rings (SSSR count). The van der Waals surface area contributed by atoms with Gasteiger partial charge in [-0.2, -0.15) is 0 Å². The van der Waals surface area contributed by atoms with Gasteiger partial charge in [0.1, 0.15) is 0 Å². The van der Waals surface area contributed by atoms with Crippen LogP contribution in [0.3, 0.4) is 0 Å². The van der Waals surface area contributed by atoms with Gasteiger partial charge in [-0.3, -0.25) is 0 Å². The normalized spacial score (nSPS) is 26.3. The van der Waals surface area contributed by atoms with Crippen LogP contribution in [0.2, 0.25) is 0 Å². The van der Waals surface area contributed by atoms with Crippen LogP contribution < -0.4 is 5.73 Å². The maximum atomic E-state index is 10.6. The number of hydrogen-bond acceptors (Lipinski definition) is 3. The Kier molecular flexibility index (Phi) is 7.06. The molecule has 3 nitrogen and oxygen atoms in total. The van der Waals surface area contributed by atoms with Crippen molar-refractivity contribution in [1.82, 2.24) is 0 Å². The van der Waals surface area contributed by atoms with Crippen LogP contribution in [0.15, 0.2) is 72.3 Å². The molecule has 0 amide bonds. The van der Waals surface area contributed by atoms with E-state index in [4.69, 9.17) is 5.73 Å². The van der Waals surface area contributed by atoms with E-state index in [-0.39, 0.29) is 12.0 Å². The lowest BCUT2D eigenvalue weighted by Crippen LogP contribution is -2.18. The molecular weight excluding hydrogens is 382 g/mol. The van der Waals surface area contributed by atoms with Gasteiger partial charge in [0.05, 0.1) is 12.2 Å². The van der Waals surface area contributed by atoms with Gasteiger partial charge >= 0.3 is 0 Å². The van der Waals surface area contributed by atoms with Gasteiger partial charge in [0.15, 0.2) is 0 Å². The van der Waals surface area contributed by atoms with E-state index in [2.05, 4.69) is 61.5 Å². The lowest BCUT2D eigenvalue weighted by Gasteiger charge is -2.19. The van der Waals surface area contributed by atoms with Crippen LogP contribution in [0.1, 0.15) is 41.5 Å². The van der Waals surface area contributed by atoms with Gasteiger partial charge in [-0.05, 0) is 61.1 Å². The standard InChI is InChI=1S/C28H35NO2/c1-19-4-2-6-21(12-19)15-25(30)10-11-26-27-16-22(14-24(27)17-28(26)31)9-8-20-5-3-7-23(13-20)18-29/h2-7,10-14,24-28,30-31H,8-9,15-18,29H2,1H3/b11-10+/t24-,25-,26+,27-,28+/m0/s1. The SMILES string of the molecule is Cc1cccc(C[C@@H](O)/C=C/[C@@H]2[C@H]3CC(CCc4cccc(CN)c4)=C[C@H]3C[C@H]2O)c1. The first-order chi connectivity index (χ1) is 15.0. The number of hydrogen-bond donors (Lipinski definition) is 3. The number of aliphatic hydroxyl groups is 2. The van der Waals surface area contributed by atoms with Crippen LogP contribution in [0.5, 0.6) is 0 Å². The zero-order valence-electron chi connectivity index (χ0n) is 18.5. The summed E-state index contributed by atoms with van der Waals surface area (Å²) in [6, 6.07) is 16.8. The minimum Gasteiger partial charge on any atom is -0.392 e. The molecule has 2 aliphatic carbocycles. The minimum absolute atomic E-state index is 0.131. The number of benzene rings is 2. The molecule has 0 spiro atoms. The van der Waals surface area contributed by atoms with Crippen molar-refractivity contribution >= 4 is 0 Å². The molecule has 0 aromatic heterocycles. The Balaban J connectivity index is 1.32. The third kappa shape index (κ3) is 5.54. The fourth-order valence-corrected chi connectivity index (χ4v) is 5.41. The summed E-state index contributed by atoms with van der Waals surface area (Å²) in [4.78, 5) is 0. The Bertz CT molecular complexity index is 948. The summed E-state index contributed by atoms with van der Waals surface area (Å²) in [5.41, 5.74) is 12.2. The lowest BCUT2D eigenvalue weighted by molar-refractivity contribution is 0.140. The average Bonchev–Trinajstić information content (AvgIpc) is 3.27. The topological polar surface area (TPSA) is 66.5 Å². The summed E-state index contributed by atoms with van der Waals surface area (Å²) >= 11 is 0. The maximum Gasteiger partial charge on any atom is 0.0761 e. The molecule has 3 heteroatoms. The van der Waals surface area contributed by atoms with Gasteiger partial charge in [-0.1, -0.05) is 77.9 Å². The second kappa shape index (κ2) is 9.95. The number of rotatable bonds is 8. The molecule has 0 unspecified atom stereocenters. The summed E-state index contributed by atoms with van der Waals surface area (Å²) in [7, 11) is 0. The number of aryl methyl sites for hydroxylation is 2. The second-order valence-corrected chi connectivity index (χ2v) is 9.41. The molecular formula is C28H35NO2. The minimum atomic E-state index is -0.517. The Hall–Kier alpha value is -2.20. The molecule has 2 aliphatic rings. The van der Waals surface area contributed by atoms with Gasteiger partial charge in [0.25, 0.3) is 0 Å².